The van der Waals surface area contributed by atoms with Crippen molar-refractivity contribution < 1.29 is 22.6 Å². The fourth-order valence-corrected chi connectivity index (χ4v) is 3.09. The number of fused-ring (bicyclic) bond motifs is 1. The molecule has 0 spiro atoms. The van der Waals surface area contributed by atoms with E-state index in [2.05, 4.69) is 9.97 Å². The van der Waals surface area contributed by atoms with E-state index in [1.54, 1.807) is 6.92 Å². The minimum Gasteiger partial charge on any atom is -0.353 e. The Labute approximate surface area is 148 Å². The molecule has 2 aromatic heterocycles. The van der Waals surface area contributed by atoms with Crippen molar-refractivity contribution in [2.45, 2.75) is 57.7 Å². The summed E-state index contributed by atoms with van der Waals surface area (Å²) in [6, 6.07) is -0.385. The summed E-state index contributed by atoms with van der Waals surface area (Å²) >= 11 is 5.87. The van der Waals surface area contributed by atoms with Crippen LogP contribution < -0.4 is 0 Å². The molecule has 2 aromatic rings. The fourth-order valence-electron chi connectivity index (χ4n) is 2.94. The zero-order chi connectivity index (χ0) is 18.2. The molecule has 3 heterocycles. The van der Waals surface area contributed by atoms with Crippen LogP contribution in [0, 0.1) is 0 Å². The first kappa shape index (κ1) is 18.4. The summed E-state index contributed by atoms with van der Waals surface area (Å²) in [4.78, 5) is 8.22. The highest BCUT2D eigenvalue weighted by atomic mass is 35.5. The van der Waals surface area contributed by atoms with Crippen LogP contribution in [0.2, 0.25) is 5.15 Å². The second-order valence-corrected chi connectivity index (χ2v) is 6.52. The summed E-state index contributed by atoms with van der Waals surface area (Å²) in [7, 11) is 0. The van der Waals surface area contributed by atoms with Crippen LogP contribution in [-0.4, -0.2) is 33.6 Å². The largest absolute Gasteiger partial charge is 0.408 e. The van der Waals surface area contributed by atoms with E-state index in [0.717, 1.165) is 24.3 Å². The normalized spacial score (nSPS) is 21.4. The van der Waals surface area contributed by atoms with E-state index in [4.69, 9.17) is 21.1 Å². The molecule has 3 rings (SSSR count). The van der Waals surface area contributed by atoms with Crippen LogP contribution in [0.4, 0.5) is 13.2 Å². The molecule has 1 aliphatic heterocycles. The van der Waals surface area contributed by atoms with Gasteiger partial charge in [0.1, 0.15) is 28.6 Å². The molecule has 1 fully saturated rings. The standard InChI is InChI=1S/C16H19ClF3N3O2/c1-9(25-14-5-3-4-6-24-14)15-22-11-8-21-13(17)7-12(11)23(15)10(2)16(18,19)20/h7-10,14H,3-6H2,1-2H3/t9?,10-,14+/m1/s1. The lowest BCUT2D eigenvalue weighted by Gasteiger charge is -2.27. The average Bonchev–Trinajstić information content (AvgIpc) is 2.92. The van der Waals surface area contributed by atoms with Crippen LogP contribution in [0.3, 0.4) is 0 Å². The van der Waals surface area contributed by atoms with Crippen molar-refractivity contribution in [2.75, 3.05) is 6.61 Å². The Hall–Kier alpha value is -1.38. The lowest BCUT2D eigenvalue weighted by atomic mass is 10.2. The van der Waals surface area contributed by atoms with E-state index >= 15 is 0 Å². The zero-order valence-electron chi connectivity index (χ0n) is 13.9. The third-order valence-corrected chi connectivity index (χ3v) is 4.49. The van der Waals surface area contributed by atoms with Crippen LogP contribution in [0.25, 0.3) is 11.0 Å². The van der Waals surface area contributed by atoms with Crippen molar-refractivity contribution in [1.29, 1.82) is 0 Å². The number of alkyl halides is 3. The summed E-state index contributed by atoms with van der Waals surface area (Å²) in [6.07, 6.45) is -1.52. The van der Waals surface area contributed by atoms with Crippen LogP contribution in [0.1, 0.15) is 51.1 Å². The number of halogens is 4. The Kier molecular flexibility index (Phi) is 5.22. The summed E-state index contributed by atoms with van der Waals surface area (Å²) in [6.45, 7) is 3.35. The average molecular weight is 378 g/mol. The van der Waals surface area contributed by atoms with Crippen LogP contribution in [0.5, 0.6) is 0 Å². The first-order valence-electron chi connectivity index (χ1n) is 8.14. The summed E-state index contributed by atoms with van der Waals surface area (Å²) < 4.78 is 52.6. The molecule has 9 heteroatoms. The topological polar surface area (TPSA) is 49.2 Å². The molecule has 0 saturated carbocycles. The van der Waals surface area contributed by atoms with Gasteiger partial charge in [-0.25, -0.2) is 9.97 Å². The van der Waals surface area contributed by atoms with Gasteiger partial charge < -0.3 is 14.0 Å². The molecule has 3 atom stereocenters. The highest BCUT2D eigenvalue weighted by Gasteiger charge is 2.40. The lowest BCUT2D eigenvalue weighted by molar-refractivity contribution is -0.190. The number of ether oxygens (including phenoxy) is 2. The smallest absolute Gasteiger partial charge is 0.353 e. The van der Waals surface area contributed by atoms with Crippen molar-refractivity contribution in [1.82, 2.24) is 14.5 Å². The van der Waals surface area contributed by atoms with Crippen LogP contribution in [0.15, 0.2) is 12.3 Å². The maximum Gasteiger partial charge on any atom is 0.408 e. The van der Waals surface area contributed by atoms with Crippen molar-refractivity contribution in [3.05, 3.63) is 23.2 Å². The van der Waals surface area contributed by atoms with Gasteiger partial charge in [0.05, 0.1) is 11.7 Å². The minimum atomic E-state index is -4.43. The van der Waals surface area contributed by atoms with Crippen molar-refractivity contribution in [3.63, 3.8) is 0 Å². The van der Waals surface area contributed by atoms with Gasteiger partial charge in [0, 0.05) is 12.7 Å². The Balaban J connectivity index is 2.00. The van der Waals surface area contributed by atoms with Crippen LogP contribution >= 0.6 is 11.6 Å². The summed E-state index contributed by atoms with van der Waals surface area (Å²) in [5, 5.41) is 0.110. The zero-order valence-corrected chi connectivity index (χ0v) is 14.6. The van der Waals surface area contributed by atoms with Gasteiger partial charge in [-0.1, -0.05) is 11.6 Å². The van der Waals surface area contributed by atoms with Gasteiger partial charge in [-0.2, -0.15) is 13.2 Å². The quantitative estimate of drug-likeness (QED) is 0.717. The Bertz CT molecular complexity index is 744. The van der Waals surface area contributed by atoms with E-state index < -0.39 is 24.6 Å². The van der Waals surface area contributed by atoms with Gasteiger partial charge in [-0.3, -0.25) is 0 Å². The Morgan fingerprint density at radius 3 is 2.76 bits per heavy atom. The molecule has 5 nitrogen and oxygen atoms in total. The molecule has 1 saturated heterocycles. The molecule has 1 aliphatic rings. The summed E-state index contributed by atoms with van der Waals surface area (Å²) in [5.41, 5.74) is 0.621. The monoisotopic (exact) mass is 377 g/mol. The molecule has 0 bridgehead atoms. The molecular weight excluding hydrogens is 359 g/mol. The first-order valence-corrected chi connectivity index (χ1v) is 8.52. The highest BCUT2D eigenvalue weighted by molar-refractivity contribution is 6.29. The number of aromatic nitrogens is 3. The third-order valence-electron chi connectivity index (χ3n) is 4.29. The molecule has 0 N–H and O–H groups in total. The molecule has 0 radical (unpaired) electrons. The van der Waals surface area contributed by atoms with E-state index in [9.17, 15) is 13.2 Å². The van der Waals surface area contributed by atoms with Crippen molar-refractivity contribution in [3.8, 4) is 0 Å². The second kappa shape index (κ2) is 7.09. The van der Waals surface area contributed by atoms with Gasteiger partial charge >= 0.3 is 6.18 Å². The highest BCUT2D eigenvalue weighted by Crippen LogP contribution is 2.36. The van der Waals surface area contributed by atoms with Gasteiger partial charge in [0.15, 0.2) is 6.29 Å². The number of nitrogens with zero attached hydrogens (tertiary/aromatic N) is 3. The predicted molar refractivity (Wildman–Crippen MR) is 86.4 cm³/mol. The molecule has 0 amide bonds. The summed E-state index contributed by atoms with van der Waals surface area (Å²) in [5.74, 6) is 0.179. The van der Waals surface area contributed by atoms with E-state index in [1.165, 1.54) is 12.3 Å². The van der Waals surface area contributed by atoms with Gasteiger partial charge in [-0.15, -0.1) is 0 Å². The maximum absolute atomic E-state index is 13.4. The second-order valence-electron chi connectivity index (χ2n) is 6.13. The molecular formula is C16H19ClF3N3O2. The number of hydrogen-bond donors (Lipinski definition) is 0. The number of hydrogen-bond acceptors (Lipinski definition) is 4. The minimum absolute atomic E-state index is 0.110. The number of imidazole rings is 1. The lowest BCUT2D eigenvalue weighted by Crippen LogP contribution is -2.28. The maximum atomic E-state index is 13.4. The third kappa shape index (κ3) is 3.91. The molecule has 25 heavy (non-hydrogen) atoms. The van der Waals surface area contributed by atoms with Crippen LogP contribution in [-0.2, 0) is 9.47 Å². The van der Waals surface area contributed by atoms with Crippen molar-refractivity contribution >= 4 is 22.6 Å². The van der Waals surface area contributed by atoms with Gasteiger partial charge in [0.2, 0.25) is 0 Å². The Morgan fingerprint density at radius 2 is 2.12 bits per heavy atom. The fraction of sp³-hybridized carbons (Fsp3) is 0.625. The van der Waals surface area contributed by atoms with E-state index in [-0.39, 0.29) is 16.5 Å². The molecule has 138 valence electrons. The van der Waals surface area contributed by atoms with Crippen molar-refractivity contribution in [2.24, 2.45) is 0 Å². The molecule has 1 unspecified atom stereocenters. The predicted octanol–water partition coefficient (Wildman–Crippen LogP) is 4.81. The van der Waals surface area contributed by atoms with E-state index in [1.807, 2.05) is 0 Å². The SMILES string of the molecule is CC(O[C@H]1CCCCO1)c1nc2cnc(Cl)cc2n1[C@H](C)C(F)(F)F. The van der Waals surface area contributed by atoms with Gasteiger partial charge in [-0.05, 0) is 33.1 Å². The van der Waals surface area contributed by atoms with Gasteiger partial charge in [0.25, 0.3) is 0 Å². The molecule has 0 aromatic carbocycles. The number of rotatable bonds is 4. The first-order chi connectivity index (χ1) is 11.8. The Morgan fingerprint density at radius 1 is 1.36 bits per heavy atom. The molecule has 0 aliphatic carbocycles. The van der Waals surface area contributed by atoms with E-state index in [0.29, 0.717) is 18.5 Å². The number of pyridine rings is 1.